The number of benzene rings is 1. The van der Waals surface area contributed by atoms with Gasteiger partial charge in [0.1, 0.15) is 6.10 Å². The van der Waals surface area contributed by atoms with E-state index in [1.54, 1.807) is 25.3 Å². The second-order valence-corrected chi connectivity index (χ2v) is 5.70. The molecule has 1 saturated heterocycles. The Bertz CT molecular complexity index is 468. The summed E-state index contributed by atoms with van der Waals surface area (Å²) in [4.78, 5) is 12.0. The fraction of sp³-hybridized carbons (Fsp3) is 0.500. The van der Waals surface area contributed by atoms with Crippen molar-refractivity contribution in [2.24, 2.45) is 5.92 Å². The fourth-order valence-corrected chi connectivity index (χ4v) is 2.58. The van der Waals surface area contributed by atoms with E-state index < -0.39 is 6.10 Å². The number of carbonyl (C=O) groups excluding carboxylic acids is 1. The molecule has 20 heavy (non-hydrogen) atoms. The molecule has 1 heterocycles. The standard InChI is InChI=1S/C14H18BrNO4/c1-19-12-8-20-7-10(13(12)17)6-16-14(18)9-3-2-4-11(15)5-9/h2-5,10,12-13,17H,6-8H2,1H3,(H,16,18)/t10-,12-,13+/m1/s1. The van der Waals surface area contributed by atoms with Crippen LogP contribution in [0.3, 0.4) is 0 Å². The highest BCUT2D eigenvalue weighted by atomic mass is 79.9. The number of nitrogens with one attached hydrogen (secondary N) is 1. The van der Waals surface area contributed by atoms with Gasteiger partial charge in [-0.25, -0.2) is 0 Å². The van der Waals surface area contributed by atoms with Crippen molar-refractivity contribution in [1.82, 2.24) is 5.32 Å². The number of rotatable bonds is 4. The maximum absolute atomic E-state index is 12.0. The van der Waals surface area contributed by atoms with Gasteiger partial charge in [0.25, 0.3) is 5.91 Å². The zero-order valence-electron chi connectivity index (χ0n) is 11.2. The van der Waals surface area contributed by atoms with Crippen LogP contribution in [0.4, 0.5) is 0 Å². The first-order valence-corrected chi connectivity index (χ1v) is 7.23. The van der Waals surface area contributed by atoms with Crippen molar-refractivity contribution in [2.75, 3.05) is 26.9 Å². The molecule has 0 spiro atoms. The molecule has 5 nitrogen and oxygen atoms in total. The number of ether oxygens (including phenoxy) is 2. The van der Waals surface area contributed by atoms with Gasteiger partial charge in [-0.15, -0.1) is 0 Å². The third kappa shape index (κ3) is 3.79. The minimum Gasteiger partial charge on any atom is -0.390 e. The summed E-state index contributed by atoms with van der Waals surface area (Å²) in [6.07, 6.45) is -0.965. The first kappa shape index (κ1) is 15.4. The zero-order chi connectivity index (χ0) is 14.5. The Balaban J connectivity index is 1.90. The molecule has 1 amide bonds. The van der Waals surface area contributed by atoms with Crippen molar-refractivity contribution < 1.29 is 19.4 Å². The van der Waals surface area contributed by atoms with Gasteiger partial charge in [-0.2, -0.15) is 0 Å². The molecule has 0 unspecified atom stereocenters. The molecule has 110 valence electrons. The third-order valence-corrected chi connectivity index (χ3v) is 3.89. The number of carbonyl (C=O) groups is 1. The molecular formula is C14H18BrNO4. The minimum atomic E-state index is -0.628. The van der Waals surface area contributed by atoms with Gasteiger partial charge >= 0.3 is 0 Å². The highest BCUT2D eigenvalue weighted by Gasteiger charge is 2.32. The maximum Gasteiger partial charge on any atom is 0.251 e. The molecule has 1 aromatic carbocycles. The summed E-state index contributed by atoms with van der Waals surface area (Å²) in [7, 11) is 1.54. The topological polar surface area (TPSA) is 67.8 Å². The van der Waals surface area contributed by atoms with Crippen LogP contribution in [-0.4, -0.2) is 50.1 Å². The van der Waals surface area contributed by atoms with Crippen LogP contribution in [0.15, 0.2) is 28.7 Å². The average molecular weight is 344 g/mol. The van der Waals surface area contributed by atoms with Crippen LogP contribution in [0.2, 0.25) is 0 Å². The van der Waals surface area contributed by atoms with Crippen LogP contribution in [-0.2, 0) is 9.47 Å². The number of methoxy groups -OCH3 is 1. The number of halogens is 1. The molecule has 0 aliphatic carbocycles. The minimum absolute atomic E-state index is 0.162. The van der Waals surface area contributed by atoms with Crippen molar-refractivity contribution in [3.8, 4) is 0 Å². The van der Waals surface area contributed by atoms with Crippen molar-refractivity contribution in [1.29, 1.82) is 0 Å². The second-order valence-electron chi connectivity index (χ2n) is 4.78. The average Bonchev–Trinajstić information content (AvgIpc) is 2.46. The third-order valence-electron chi connectivity index (χ3n) is 3.39. The van der Waals surface area contributed by atoms with Crippen LogP contribution in [0, 0.1) is 5.92 Å². The molecule has 1 aromatic rings. The van der Waals surface area contributed by atoms with E-state index in [2.05, 4.69) is 21.2 Å². The van der Waals surface area contributed by atoms with E-state index in [-0.39, 0.29) is 17.9 Å². The molecule has 1 aliphatic heterocycles. The van der Waals surface area contributed by atoms with E-state index in [1.165, 1.54) is 0 Å². The molecule has 0 radical (unpaired) electrons. The number of hydrogen-bond acceptors (Lipinski definition) is 4. The van der Waals surface area contributed by atoms with Gasteiger partial charge in [0, 0.05) is 29.6 Å². The van der Waals surface area contributed by atoms with Crippen LogP contribution >= 0.6 is 15.9 Å². The summed E-state index contributed by atoms with van der Waals surface area (Å²) >= 11 is 3.33. The summed E-state index contributed by atoms with van der Waals surface area (Å²) in [5.74, 6) is -0.331. The summed E-state index contributed by atoms with van der Waals surface area (Å²) < 4.78 is 11.4. The Morgan fingerprint density at radius 1 is 1.55 bits per heavy atom. The zero-order valence-corrected chi connectivity index (χ0v) is 12.8. The highest BCUT2D eigenvalue weighted by molar-refractivity contribution is 9.10. The van der Waals surface area contributed by atoms with E-state index in [0.717, 1.165) is 4.47 Å². The Labute approximate surface area is 126 Å². The van der Waals surface area contributed by atoms with Gasteiger partial charge in [0.2, 0.25) is 0 Å². The van der Waals surface area contributed by atoms with Gasteiger partial charge in [-0.1, -0.05) is 22.0 Å². The van der Waals surface area contributed by atoms with E-state index in [1.807, 2.05) is 6.07 Å². The molecular weight excluding hydrogens is 326 g/mol. The summed E-state index contributed by atoms with van der Waals surface area (Å²) in [6.45, 7) is 1.15. The lowest BCUT2D eigenvalue weighted by atomic mass is 9.96. The quantitative estimate of drug-likeness (QED) is 0.861. The van der Waals surface area contributed by atoms with Crippen LogP contribution < -0.4 is 5.32 Å². The lowest BCUT2D eigenvalue weighted by molar-refractivity contribution is -0.132. The summed E-state index contributed by atoms with van der Waals surface area (Å²) in [5, 5.41) is 12.9. The molecule has 0 bridgehead atoms. The molecule has 1 fully saturated rings. The predicted octanol–water partition coefficient (Wildman–Crippen LogP) is 1.20. The van der Waals surface area contributed by atoms with Crippen LogP contribution in [0.25, 0.3) is 0 Å². The predicted molar refractivity (Wildman–Crippen MR) is 77.6 cm³/mol. The molecule has 2 rings (SSSR count). The molecule has 3 atom stereocenters. The molecule has 0 aromatic heterocycles. The number of amides is 1. The van der Waals surface area contributed by atoms with Crippen LogP contribution in [0.5, 0.6) is 0 Å². The van der Waals surface area contributed by atoms with Crippen molar-refractivity contribution >= 4 is 21.8 Å². The first-order chi connectivity index (χ1) is 9.61. The van der Waals surface area contributed by atoms with E-state index in [9.17, 15) is 9.90 Å². The molecule has 1 aliphatic rings. The largest absolute Gasteiger partial charge is 0.390 e. The van der Waals surface area contributed by atoms with Gasteiger partial charge in [0.05, 0.1) is 19.3 Å². The van der Waals surface area contributed by atoms with E-state index in [4.69, 9.17) is 9.47 Å². The highest BCUT2D eigenvalue weighted by Crippen LogP contribution is 2.17. The summed E-state index contributed by atoms with van der Waals surface area (Å²) in [6, 6.07) is 7.16. The normalized spacial score (nSPS) is 26.2. The number of aliphatic hydroxyl groups is 1. The Morgan fingerprint density at radius 2 is 2.35 bits per heavy atom. The van der Waals surface area contributed by atoms with E-state index >= 15 is 0 Å². The SMILES string of the molecule is CO[C@@H]1COC[C@@H](CNC(=O)c2cccc(Br)c2)[C@@H]1O. The summed E-state index contributed by atoms with van der Waals surface area (Å²) in [5.41, 5.74) is 0.578. The smallest absolute Gasteiger partial charge is 0.251 e. The Hall–Kier alpha value is -0.950. The van der Waals surface area contributed by atoms with Gasteiger partial charge in [0.15, 0.2) is 0 Å². The first-order valence-electron chi connectivity index (χ1n) is 6.44. The monoisotopic (exact) mass is 343 g/mol. The Morgan fingerprint density at radius 3 is 3.05 bits per heavy atom. The van der Waals surface area contributed by atoms with Gasteiger partial charge in [-0.05, 0) is 18.2 Å². The molecule has 2 N–H and O–H groups in total. The molecule has 0 saturated carbocycles. The van der Waals surface area contributed by atoms with Crippen molar-refractivity contribution in [2.45, 2.75) is 12.2 Å². The maximum atomic E-state index is 12.0. The van der Waals surface area contributed by atoms with Gasteiger partial charge in [-0.3, -0.25) is 4.79 Å². The van der Waals surface area contributed by atoms with Gasteiger partial charge < -0.3 is 19.9 Å². The number of aliphatic hydroxyl groups excluding tert-OH is 1. The Kier molecular flexibility index (Phi) is 5.54. The fourth-order valence-electron chi connectivity index (χ4n) is 2.18. The lowest BCUT2D eigenvalue weighted by Gasteiger charge is -2.33. The van der Waals surface area contributed by atoms with Crippen molar-refractivity contribution in [3.05, 3.63) is 34.3 Å². The van der Waals surface area contributed by atoms with Crippen LogP contribution in [0.1, 0.15) is 10.4 Å². The van der Waals surface area contributed by atoms with E-state index in [0.29, 0.717) is 25.3 Å². The number of hydrogen-bond donors (Lipinski definition) is 2. The second kappa shape index (κ2) is 7.17. The molecule has 6 heteroatoms. The lowest BCUT2D eigenvalue weighted by Crippen LogP contribution is -2.49. The van der Waals surface area contributed by atoms with Crippen molar-refractivity contribution in [3.63, 3.8) is 0 Å².